The molecule has 0 aliphatic heterocycles. The summed E-state index contributed by atoms with van der Waals surface area (Å²) in [5.74, 6) is 0.240. The van der Waals surface area contributed by atoms with E-state index in [1.165, 1.54) is 12.3 Å². The van der Waals surface area contributed by atoms with Crippen LogP contribution in [0.2, 0.25) is 5.02 Å². The molecule has 1 N–H and O–H groups in total. The molecule has 1 atom stereocenters. The normalized spacial score (nSPS) is 12.7. The van der Waals surface area contributed by atoms with Crippen molar-refractivity contribution in [2.24, 2.45) is 0 Å². The summed E-state index contributed by atoms with van der Waals surface area (Å²) in [6, 6.07) is 6.12. The number of aryl methyl sites for hydroxylation is 1. The highest BCUT2D eigenvalue weighted by atomic mass is 35.5. The Morgan fingerprint density at radius 2 is 2.18 bits per heavy atom. The Hall–Kier alpha value is -1.32. The maximum absolute atomic E-state index is 13.5. The number of aliphatic hydroxyl groups excluding tert-OH is 1. The van der Waals surface area contributed by atoms with Crippen LogP contribution < -0.4 is 0 Å². The van der Waals surface area contributed by atoms with Gasteiger partial charge in [0.1, 0.15) is 11.6 Å². The fourth-order valence-electron chi connectivity index (χ4n) is 1.75. The molecular weight excluding hydrogens is 243 g/mol. The summed E-state index contributed by atoms with van der Waals surface area (Å²) in [6.07, 6.45) is 0.930. The van der Waals surface area contributed by atoms with Gasteiger partial charge in [-0.15, -0.1) is 0 Å². The molecule has 1 unspecified atom stereocenters. The molecule has 0 amide bonds. The number of hydrogen-bond donors (Lipinski definition) is 1. The topological polar surface area (TPSA) is 33.4 Å². The number of hydrogen-bond acceptors (Lipinski definition) is 2. The van der Waals surface area contributed by atoms with E-state index in [0.717, 1.165) is 0 Å². The Morgan fingerprint density at radius 3 is 2.76 bits per heavy atom. The molecule has 0 bridgehead atoms. The summed E-state index contributed by atoms with van der Waals surface area (Å²) in [4.78, 5) is 0. The zero-order valence-electron chi connectivity index (χ0n) is 9.28. The van der Waals surface area contributed by atoms with Gasteiger partial charge in [-0.2, -0.15) is 0 Å². The monoisotopic (exact) mass is 254 g/mol. The van der Waals surface area contributed by atoms with Crippen LogP contribution in [0.3, 0.4) is 0 Å². The predicted molar refractivity (Wildman–Crippen MR) is 63.5 cm³/mol. The third-order valence-corrected chi connectivity index (χ3v) is 2.92. The largest absolute Gasteiger partial charge is 0.469 e. The van der Waals surface area contributed by atoms with Crippen LogP contribution in [0.25, 0.3) is 0 Å². The molecule has 1 aromatic heterocycles. The number of benzene rings is 1. The van der Waals surface area contributed by atoms with Gasteiger partial charge in [0.15, 0.2) is 0 Å². The molecule has 2 nitrogen and oxygen atoms in total. The molecule has 90 valence electrons. The van der Waals surface area contributed by atoms with Gasteiger partial charge in [0.05, 0.1) is 12.4 Å². The van der Waals surface area contributed by atoms with E-state index in [1.54, 1.807) is 25.1 Å². The molecule has 2 aromatic rings. The van der Waals surface area contributed by atoms with Gasteiger partial charge >= 0.3 is 0 Å². The van der Waals surface area contributed by atoms with Gasteiger partial charge in [0.25, 0.3) is 0 Å². The predicted octanol–water partition coefficient (Wildman–Crippen LogP) is 3.66. The Labute approximate surface area is 104 Å². The average Bonchev–Trinajstić information content (AvgIpc) is 2.68. The van der Waals surface area contributed by atoms with Gasteiger partial charge in [-0.05, 0) is 30.7 Å². The van der Waals surface area contributed by atoms with Crippen molar-refractivity contribution in [1.82, 2.24) is 0 Å². The first kappa shape index (κ1) is 12.1. The number of halogens is 2. The minimum absolute atomic E-state index is 0.198. The molecule has 0 aliphatic rings. The third-order valence-electron chi connectivity index (χ3n) is 2.69. The molecule has 1 aromatic carbocycles. The van der Waals surface area contributed by atoms with Crippen molar-refractivity contribution in [3.63, 3.8) is 0 Å². The maximum Gasteiger partial charge on any atom is 0.127 e. The van der Waals surface area contributed by atoms with E-state index >= 15 is 0 Å². The van der Waals surface area contributed by atoms with Gasteiger partial charge in [0, 0.05) is 17.0 Å². The number of rotatable bonds is 3. The van der Waals surface area contributed by atoms with Crippen LogP contribution in [0.5, 0.6) is 0 Å². The highest BCUT2D eigenvalue weighted by Gasteiger charge is 2.15. The van der Waals surface area contributed by atoms with Crippen molar-refractivity contribution in [1.29, 1.82) is 0 Å². The number of furan rings is 1. The lowest BCUT2D eigenvalue weighted by atomic mass is 10.0. The van der Waals surface area contributed by atoms with Crippen molar-refractivity contribution in [3.8, 4) is 0 Å². The van der Waals surface area contributed by atoms with E-state index < -0.39 is 11.9 Å². The molecule has 4 heteroatoms. The summed E-state index contributed by atoms with van der Waals surface area (Å²) < 4.78 is 18.6. The lowest BCUT2D eigenvalue weighted by molar-refractivity contribution is 0.175. The molecule has 0 saturated carbocycles. The summed E-state index contributed by atoms with van der Waals surface area (Å²) in [6.45, 7) is 1.76. The summed E-state index contributed by atoms with van der Waals surface area (Å²) >= 11 is 5.66. The van der Waals surface area contributed by atoms with Crippen LogP contribution in [-0.4, -0.2) is 5.11 Å². The Balaban J connectivity index is 2.19. The molecule has 0 aliphatic carbocycles. The van der Waals surface area contributed by atoms with E-state index in [4.69, 9.17) is 16.0 Å². The fraction of sp³-hybridized carbons (Fsp3) is 0.231. The molecule has 17 heavy (non-hydrogen) atoms. The second-order valence-electron chi connectivity index (χ2n) is 3.89. The van der Waals surface area contributed by atoms with E-state index in [2.05, 4.69) is 0 Å². The second kappa shape index (κ2) is 4.90. The third kappa shape index (κ3) is 2.68. The Kier molecular flexibility index (Phi) is 3.50. The van der Waals surface area contributed by atoms with Gasteiger partial charge in [0.2, 0.25) is 0 Å². The van der Waals surface area contributed by atoms with Gasteiger partial charge in [-0.3, -0.25) is 0 Å². The van der Waals surface area contributed by atoms with E-state index in [-0.39, 0.29) is 6.42 Å². The minimum atomic E-state index is -0.774. The highest BCUT2D eigenvalue weighted by Crippen LogP contribution is 2.24. The zero-order chi connectivity index (χ0) is 12.4. The first-order valence-electron chi connectivity index (χ1n) is 5.24. The second-order valence-corrected chi connectivity index (χ2v) is 4.32. The van der Waals surface area contributed by atoms with Crippen LogP contribution in [0, 0.1) is 12.7 Å². The summed E-state index contributed by atoms with van der Waals surface area (Å²) in [5, 5.41) is 10.3. The van der Waals surface area contributed by atoms with Crippen LogP contribution in [0.15, 0.2) is 34.9 Å². The van der Waals surface area contributed by atoms with Gasteiger partial charge in [-0.1, -0.05) is 17.7 Å². The van der Waals surface area contributed by atoms with E-state index in [9.17, 15) is 9.50 Å². The van der Waals surface area contributed by atoms with Crippen molar-refractivity contribution in [3.05, 3.63) is 58.3 Å². The van der Waals surface area contributed by atoms with Crippen LogP contribution in [0.1, 0.15) is 23.0 Å². The maximum atomic E-state index is 13.5. The minimum Gasteiger partial charge on any atom is -0.469 e. The average molecular weight is 255 g/mol. The lowest BCUT2D eigenvalue weighted by Crippen LogP contribution is -2.03. The van der Waals surface area contributed by atoms with Crippen molar-refractivity contribution >= 4 is 11.6 Å². The first-order valence-corrected chi connectivity index (χ1v) is 5.61. The van der Waals surface area contributed by atoms with Crippen molar-refractivity contribution in [2.45, 2.75) is 19.4 Å². The highest BCUT2D eigenvalue weighted by molar-refractivity contribution is 6.30. The lowest BCUT2D eigenvalue weighted by Gasteiger charge is -2.10. The van der Waals surface area contributed by atoms with E-state index in [1.807, 2.05) is 0 Å². The standard InChI is InChI=1S/C13H12ClFO2/c1-8-11(4-5-17-8)13(16)6-9-2-3-10(14)7-12(9)15/h2-5,7,13,16H,6H2,1H3. The summed E-state index contributed by atoms with van der Waals surface area (Å²) in [7, 11) is 0. The Bertz CT molecular complexity index is 522. The smallest absolute Gasteiger partial charge is 0.127 e. The fourth-order valence-corrected chi connectivity index (χ4v) is 1.90. The molecule has 1 heterocycles. The zero-order valence-corrected chi connectivity index (χ0v) is 10.0. The van der Waals surface area contributed by atoms with Gasteiger partial charge in [-0.25, -0.2) is 4.39 Å². The van der Waals surface area contributed by atoms with Crippen LogP contribution >= 0.6 is 11.6 Å². The van der Waals surface area contributed by atoms with Crippen molar-refractivity contribution in [2.75, 3.05) is 0 Å². The SMILES string of the molecule is Cc1occc1C(O)Cc1ccc(Cl)cc1F. The van der Waals surface area contributed by atoms with Crippen LogP contribution in [0.4, 0.5) is 4.39 Å². The molecular formula is C13H12ClFO2. The number of aliphatic hydroxyl groups is 1. The van der Waals surface area contributed by atoms with Crippen molar-refractivity contribution < 1.29 is 13.9 Å². The molecule has 2 rings (SSSR count). The Morgan fingerprint density at radius 1 is 1.41 bits per heavy atom. The first-order chi connectivity index (χ1) is 8.08. The summed E-state index contributed by atoms with van der Waals surface area (Å²) in [5.41, 5.74) is 1.11. The van der Waals surface area contributed by atoms with Crippen LogP contribution in [-0.2, 0) is 6.42 Å². The molecule has 0 saturated heterocycles. The molecule has 0 radical (unpaired) electrons. The van der Waals surface area contributed by atoms with Gasteiger partial charge < -0.3 is 9.52 Å². The molecule has 0 fully saturated rings. The quantitative estimate of drug-likeness (QED) is 0.907. The van der Waals surface area contributed by atoms with E-state index in [0.29, 0.717) is 21.9 Å². The molecule has 0 spiro atoms.